The summed E-state index contributed by atoms with van der Waals surface area (Å²) in [4.78, 5) is 11.7. The van der Waals surface area contributed by atoms with E-state index in [2.05, 4.69) is 114 Å². The van der Waals surface area contributed by atoms with Gasteiger partial charge in [-0.15, -0.1) is 0 Å². The van der Waals surface area contributed by atoms with Crippen LogP contribution in [0, 0.1) is 11.3 Å². The maximum Gasteiger partial charge on any atom is 0.227 e. The third-order valence-corrected chi connectivity index (χ3v) is 9.72. The van der Waals surface area contributed by atoms with Gasteiger partial charge in [-0.25, -0.2) is 9.97 Å². The minimum absolute atomic E-state index is 0.590. The van der Waals surface area contributed by atoms with Gasteiger partial charge in [-0.3, -0.25) is 0 Å². The quantitative estimate of drug-likeness (QED) is 0.174. The molecule has 0 bridgehead atoms. The highest BCUT2D eigenvalue weighted by Crippen LogP contribution is 2.39. The lowest BCUT2D eigenvalue weighted by Crippen LogP contribution is -2.09. The number of aromatic nitrogens is 2. The van der Waals surface area contributed by atoms with Crippen molar-refractivity contribution >= 4 is 60.8 Å². The standard InChI is InChI=1S/C47H28N4O2/c48-29-30-9-10-34-26-35(12-11-33(34)25-30)36-13-14-38-28-41(24-19-37(38)27-36)51(39-20-15-31(16-21-39)46-49-42-5-1-3-7-44(42)52-46)40-22-17-32(18-23-40)47-50-43-6-2-4-8-45(43)53-47/h1-28H. The second kappa shape index (κ2) is 12.4. The van der Waals surface area contributed by atoms with Gasteiger partial charge >= 0.3 is 0 Å². The first kappa shape index (κ1) is 30.3. The number of hydrogen-bond donors (Lipinski definition) is 0. The smallest absolute Gasteiger partial charge is 0.227 e. The highest BCUT2D eigenvalue weighted by Gasteiger charge is 2.17. The number of nitriles is 1. The van der Waals surface area contributed by atoms with E-state index in [0.29, 0.717) is 17.3 Å². The Morgan fingerprint density at radius 2 is 0.849 bits per heavy atom. The molecule has 0 radical (unpaired) electrons. The first-order valence-electron chi connectivity index (χ1n) is 17.4. The molecule has 0 saturated heterocycles. The maximum atomic E-state index is 9.30. The molecule has 6 nitrogen and oxygen atoms in total. The lowest BCUT2D eigenvalue weighted by molar-refractivity contribution is 0.619. The monoisotopic (exact) mass is 680 g/mol. The molecule has 0 amide bonds. The van der Waals surface area contributed by atoms with Gasteiger partial charge in [0.25, 0.3) is 0 Å². The molecule has 0 aliphatic carbocycles. The topological polar surface area (TPSA) is 79.1 Å². The first-order chi connectivity index (χ1) is 26.1. The number of fused-ring (bicyclic) bond motifs is 4. The van der Waals surface area contributed by atoms with E-state index in [9.17, 15) is 5.26 Å². The van der Waals surface area contributed by atoms with Gasteiger partial charge in [0.05, 0.1) is 11.6 Å². The van der Waals surface area contributed by atoms with Gasteiger partial charge in [0.1, 0.15) is 11.0 Å². The Morgan fingerprint density at radius 3 is 1.38 bits per heavy atom. The summed E-state index contributed by atoms with van der Waals surface area (Å²) in [7, 11) is 0. The van der Waals surface area contributed by atoms with Gasteiger partial charge < -0.3 is 13.7 Å². The molecule has 0 unspecified atom stereocenters. The van der Waals surface area contributed by atoms with Gasteiger partial charge in [-0.05, 0) is 142 Å². The van der Waals surface area contributed by atoms with E-state index in [-0.39, 0.29) is 0 Å². The maximum absolute atomic E-state index is 9.30. The summed E-state index contributed by atoms with van der Waals surface area (Å²) >= 11 is 0. The fraction of sp³-hybridized carbons (Fsp3) is 0. The Hall–Kier alpha value is -7.49. The normalized spacial score (nSPS) is 11.4. The van der Waals surface area contributed by atoms with E-state index in [0.717, 1.165) is 83.1 Å². The molecule has 0 atom stereocenters. The van der Waals surface area contributed by atoms with E-state index in [4.69, 9.17) is 18.8 Å². The van der Waals surface area contributed by atoms with Crippen LogP contribution in [0.4, 0.5) is 17.1 Å². The average Bonchev–Trinajstić information content (AvgIpc) is 3.86. The van der Waals surface area contributed by atoms with Crippen LogP contribution in [0.3, 0.4) is 0 Å². The molecule has 0 fully saturated rings. The molecule has 248 valence electrons. The number of rotatable bonds is 6. The van der Waals surface area contributed by atoms with E-state index < -0.39 is 0 Å². The zero-order chi connectivity index (χ0) is 35.3. The van der Waals surface area contributed by atoms with Crippen molar-refractivity contribution in [1.82, 2.24) is 9.97 Å². The molecular formula is C47H28N4O2. The fourth-order valence-electron chi connectivity index (χ4n) is 6.99. The minimum atomic E-state index is 0.590. The van der Waals surface area contributed by atoms with E-state index in [1.807, 2.05) is 66.7 Å². The van der Waals surface area contributed by atoms with Crippen LogP contribution in [-0.4, -0.2) is 9.97 Å². The molecule has 10 aromatic rings. The number of nitrogens with zero attached hydrogens (tertiary/aromatic N) is 4. The average molecular weight is 681 g/mol. The predicted molar refractivity (Wildman–Crippen MR) is 212 cm³/mol. The van der Waals surface area contributed by atoms with Crippen LogP contribution in [0.5, 0.6) is 0 Å². The first-order valence-corrected chi connectivity index (χ1v) is 17.4. The van der Waals surface area contributed by atoms with Gasteiger partial charge in [-0.1, -0.05) is 60.7 Å². The van der Waals surface area contributed by atoms with Crippen molar-refractivity contribution in [2.45, 2.75) is 0 Å². The van der Waals surface area contributed by atoms with Crippen LogP contribution in [0.15, 0.2) is 179 Å². The Morgan fingerprint density at radius 1 is 0.415 bits per heavy atom. The van der Waals surface area contributed by atoms with Crippen LogP contribution in [0.25, 0.3) is 77.8 Å². The van der Waals surface area contributed by atoms with Crippen LogP contribution < -0.4 is 4.90 Å². The van der Waals surface area contributed by atoms with Crippen molar-refractivity contribution in [3.8, 4) is 40.1 Å². The fourth-order valence-corrected chi connectivity index (χ4v) is 6.99. The second-order valence-electron chi connectivity index (χ2n) is 13.0. The largest absolute Gasteiger partial charge is 0.436 e. The summed E-state index contributed by atoms with van der Waals surface area (Å²) in [6.07, 6.45) is 0. The number of oxazole rings is 2. The zero-order valence-corrected chi connectivity index (χ0v) is 28.3. The molecule has 0 aliphatic rings. The summed E-state index contributed by atoms with van der Waals surface area (Å²) < 4.78 is 12.1. The highest BCUT2D eigenvalue weighted by molar-refractivity contribution is 5.94. The van der Waals surface area contributed by atoms with Crippen LogP contribution in [0.2, 0.25) is 0 Å². The third kappa shape index (κ3) is 5.54. The van der Waals surface area contributed by atoms with Crippen molar-refractivity contribution < 1.29 is 8.83 Å². The zero-order valence-electron chi connectivity index (χ0n) is 28.3. The number of benzene rings is 8. The summed E-state index contributed by atoms with van der Waals surface area (Å²) in [5.74, 6) is 1.18. The molecule has 2 heterocycles. The van der Waals surface area contributed by atoms with Crippen molar-refractivity contribution in [3.63, 3.8) is 0 Å². The minimum Gasteiger partial charge on any atom is -0.436 e. The van der Waals surface area contributed by atoms with Gasteiger partial charge in [-0.2, -0.15) is 5.26 Å². The van der Waals surface area contributed by atoms with Gasteiger partial charge in [0, 0.05) is 28.2 Å². The van der Waals surface area contributed by atoms with Crippen molar-refractivity contribution in [2.75, 3.05) is 4.90 Å². The predicted octanol–water partition coefficient (Wildman–Crippen LogP) is 12.6. The molecule has 53 heavy (non-hydrogen) atoms. The molecule has 0 aliphatic heterocycles. The summed E-state index contributed by atoms with van der Waals surface area (Å²) in [6.45, 7) is 0. The molecule has 10 rings (SSSR count). The number of hydrogen-bond acceptors (Lipinski definition) is 6. The van der Waals surface area contributed by atoms with E-state index in [1.165, 1.54) is 0 Å². The number of anilines is 3. The van der Waals surface area contributed by atoms with Crippen molar-refractivity contribution in [2.24, 2.45) is 0 Å². The van der Waals surface area contributed by atoms with Crippen LogP contribution in [-0.2, 0) is 0 Å². The molecule has 8 aromatic carbocycles. The molecular weight excluding hydrogens is 653 g/mol. The Balaban J connectivity index is 1.03. The second-order valence-corrected chi connectivity index (χ2v) is 13.0. The van der Waals surface area contributed by atoms with Crippen molar-refractivity contribution in [1.29, 1.82) is 5.26 Å². The summed E-state index contributed by atoms with van der Waals surface area (Å²) in [5.41, 5.74) is 10.9. The van der Waals surface area contributed by atoms with Crippen LogP contribution >= 0.6 is 0 Å². The lowest BCUT2D eigenvalue weighted by Gasteiger charge is -2.26. The third-order valence-electron chi connectivity index (χ3n) is 9.72. The van der Waals surface area contributed by atoms with Crippen molar-refractivity contribution in [3.05, 3.63) is 175 Å². The summed E-state index contributed by atoms with van der Waals surface area (Å²) in [5, 5.41) is 13.7. The van der Waals surface area contributed by atoms with Crippen LogP contribution in [0.1, 0.15) is 5.56 Å². The Kier molecular flexibility index (Phi) is 7.09. The molecule has 6 heteroatoms. The van der Waals surface area contributed by atoms with Gasteiger partial charge in [0.15, 0.2) is 11.2 Å². The lowest BCUT2D eigenvalue weighted by atomic mass is 9.97. The Labute approximate surface area is 304 Å². The number of para-hydroxylation sites is 4. The molecule has 2 aromatic heterocycles. The molecule has 0 saturated carbocycles. The summed E-state index contributed by atoms with van der Waals surface area (Å²) in [6, 6.07) is 59.8. The van der Waals surface area contributed by atoms with E-state index >= 15 is 0 Å². The van der Waals surface area contributed by atoms with E-state index in [1.54, 1.807) is 0 Å². The Bertz CT molecular complexity index is 2840. The molecule has 0 N–H and O–H groups in total. The molecule has 0 spiro atoms. The highest BCUT2D eigenvalue weighted by atomic mass is 16.4. The SMILES string of the molecule is N#Cc1ccc2cc(-c3ccc4cc(N(c5ccc(-c6nc7ccccc7o6)cc5)c5ccc(-c6nc7ccccc7o6)cc5)ccc4c3)ccc2c1. The van der Waals surface area contributed by atoms with Gasteiger partial charge in [0.2, 0.25) is 11.8 Å².